The lowest BCUT2D eigenvalue weighted by molar-refractivity contribution is 0.0819. The summed E-state index contributed by atoms with van der Waals surface area (Å²) in [6, 6.07) is 9.48. The molecule has 0 saturated heterocycles. The summed E-state index contributed by atoms with van der Waals surface area (Å²) >= 11 is 0. The second-order valence-corrected chi connectivity index (χ2v) is 7.01. The van der Waals surface area contributed by atoms with Crippen LogP contribution < -0.4 is 4.74 Å². The first-order valence-electron chi connectivity index (χ1n) is 10.2. The molecule has 31 heavy (non-hydrogen) atoms. The molecule has 4 rings (SSSR count). The molecule has 0 spiro atoms. The van der Waals surface area contributed by atoms with Crippen molar-refractivity contribution in [2.24, 2.45) is 0 Å². The number of carbonyl (C=O) groups is 1. The molecule has 0 bridgehead atoms. The van der Waals surface area contributed by atoms with Crippen molar-refractivity contribution in [2.75, 3.05) is 21.2 Å². The summed E-state index contributed by atoms with van der Waals surface area (Å²) in [4.78, 5) is 18.9. The molecule has 4 aromatic rings. The lowest BCUT2D eigenvalue weighted by Crippen LogP contribution is -2.24. The first-order valence-corrected chi connectivity index (χ1v) is 10.2. The molecule has 0 radical (unpaired) electrons. The number of carbonyl (C=O) groups excluding carboxylic acids is 1. The van der Waals surface area contributed by atoms with Crippen LogP contribution in [0.3, 0.4) is 0 Å². The molecule has 3 heterocycles. The maximum Gasteiger partial charge on any atom is 0.272 e. The van der Waals surface area contributed by atoms with Crippen LogP contribution in [0.1, 0.15) is 35.7 Å². The maximum absolute atomic E-state index is 12.7. The van der Waals surface area contributed by atoms with E-state index in [1.54, 1.807) is 42.7 Å². The first kappa shape index (κ1) is 22.0. The molecule has 8 heteroatoms. The molecule has 0 saturated carbocycles. The molecule has 3 aromatic heterocycles. The Morgan fingerprint density at radius 3 is 2.48 bits per heavy atom. The molecule has 0 aliphatic carbocycles. The van der Waals surface area contributed by atoms with Gasteiger partial charge in [0.25, 0.3) is 5.91 Å². The lowest BCUT2D eigenvalue weighted by Gasteiger charge is -2.13. The van der Waals surface area contributed by atoms with Gasteiger partial charge in [0.1, 0.15) is 11.4 Å². The van der Waals surface area contributed by atoms with Gasteiger partial charge in [0.05, 0.1) is 24.1 Å². The normalized spacial score (nSPS) is 10.5. The van der Waals surface area contributed by atoms with Gasteiger partial charge in [-0.25, -0.2) is 14.2 Å². The highest BCUT2D eigenvalue weighted by atomic mass is 16.5. The minimum absolute atomic E-state index is 0.129. The summed E-state index contributed by atoms with van der Waals surface area (Å²) in [5.41, 5.74) is 5.19. The van der Waals surface area contributed by atoms with Crippen LogP contribution in [0, 0.1) is 13.8 Å². The van der Waals surface area contributed by atoms with Crippen molar-refractivity contribution in [3.63, 3.8) is 0 Å². The molecule has 0 N–H and O–H groups in total. The van der Waals surface area contributed by atoms with Gasteiger partial charge in [0, 0.05) is 43.8 Å². The molecule has 1 amide bonds. The standard InChI is InChI=1S/C21H22N6O2.C2H6/c1-13-11-17(21(28)25(3)4)27-20(23-13)19(14(2)24-27)16-8-7-15(12-18(16)29-5)26-10-6-9-22-26;1-2/h6-12H,1-5H3;1-2H3. The van der Waals surface area contributed by atoms with Gasteiger partial charge in [-0.1, -0.05) is 13.8 Å². The van der Waals surface area contributed by atoms with Crippen LogP contribution in [-0.4, -0.2) is 56.4 Å². The Hall–Kier alpha value is -3.68. The Bertz CT molecular complexity index is 1210. The van der Waals surface area contributed by atoms with Crippen molar-refractivity contribution >= 4 is 11.6 Å². The summed E-state index contributed by atoms with van der Waals surface area (Å²) in [6.45, 7) is 7.78. The lowest BCUT2D eigenvalue weighted by atomic mass is 10.0. The fourth-order valence-corrected chi connectivity index (χ4v) is 3.39. The Morgan fingerprint density at radius 2 is 1.87 bits per heavy atom. The van der Waals surface area contributed by atoms with E-state index in [1.165, 1.54) is 4.90 Å². The quantitative estimate of drug-likeness (QED) is 0.500. The van der Waals surface area contributed by atoms with Gasteiger partial charge in [-0.2, -0.15) is 10.2 Å². The fourth-order valence-electron chi connectivity index (χ4n) is 3.39. The van der Waals surface area contributed by atoms with Crippen LogP contribution in [0.2, 0.25) is 0 Å². The average Bonchev–Trinajstić information content (AvgIpc) is 3.41. The minimum Gasteiger partial charge on any atom is -0.496 e. The van der Waals surface area contributed by atoms with Crippen molar-refractivity contribution < 1.29 is 9.53 Å². The maximum atomic E-state index is 12.7. The number of fused-ring (bicyclic) bond motifs is 1. The smallest absolute Gasteiger partial charge is 0.272 e. The third-order valence-electron chi connectivity index (χ3n) is 4.74. The Kier molecular flexibility index (Phi) is 6.39. The molecular weight excluding hydrogens is 392 g/mol. The van der Waals surface area contributed by atoms with Crippen LogP contribution >= 0.6 is 0 Å². The number of aromatic nitrogens is 5. The third kappa shape index (κ3) is 4.01. The number of hydrogen-bond donors (Lipinski definition) is 0. The van der Waals surface area contributed by atoms with Crippen LogP contribution in [0.15, 0.2) is 42.7 Å². The molecule has 0 aliphatic rings. The Morgan fingerprint density at radius 1 is 1.13 bits per heavy atom. The van der Waals surface area contributed by atoms with Gasteiger partial charge in [-0.05, 0) is 38.1 Å². The van der Waals surface area contributed by atoms with E-state index >= 15 is 0 Å². The minimum atomic E-state index is -0.129. The summed E-state index contributed by atoms with van der Waals surface area (Å²) in [6.07, 6.45) is 3.60. The third-order valence-corrected chi connectivity index (χ3v) is 4.74. The highest BCUT2D eigenvalue weighted by Gasteiger charge is 2.22. The topological polar surface area (TPSA) is 77.5 Å². The molecule has 8 nitrogen and oxygen atoms in total. The van der Waals surface area contributed by atoms with Gasteiger partial charge in [-0.3, -0.25) is 4.79 Å². The van der Waals surface area contributed by atoms with E-state index in [2.05, 4.69) is 15.2 Å². The van der Waals surface area contributed by atoms with E-state index in [9.17, 15) is 4.79 Å². The predicted octanol–water partition coefficient (Wildman–Crippen LogP) is 3.94. The highest BCUT2D eigenvalue weighted by Crippen LogP contribution is 2.36. The van der Waals surface area contributed by atoms with Crippen molar-refractivity contribution in [3.05, 3.63) is 59.8 Å². The van der Waals surface area contributed by atoms with Crippen LogP contribution in [0.25, 0.3) is 22.5 Å². The number of benzene rings is 1. The average molecular weight is 421 g/mol. The van der Waals surface area contributed by atoms with Crippen LogP contribution in [0.4, 0.5) is 0 Å². The number of hydrogen-bond acceptors (Lipinski definition) is 5. The molecular formula is C23H28N6O2. The van der Waals surface area contributed by atoms with E-state index in [0.29, 0.717) is 17.1 Å². The van der Waals surface area contributed by atoms with E-state index < -0.39 is 0 Å². The van der Waals surface area contributed by atoms with Crippen molar-refractivity contribution in [3.8, 4) is 22.6 Å². The summed E-state index contributed by atoms with van der Waals surface area (Å²) in [5, 5.41) is 8.89. The molecule has 0 fully saturated rings. The first-order chi connectivity index (χ1) is 14.9. The number of nitrogens with zero attached hydrogens (tertiary/aromatic N) is 6. The second-order valence-electron chi connectivity index (χ2n) is 7.01. The van der Waals surface area contributed by atoms with E-state index in [1.807, 2.05) is 58.2 Å². The monoisotopic (exact) mass is 420 g/mol. The van der Waals surface area contributed by atoms with Crippen LogP contribution in [-0.2, 0) is 0 Å². The number of methoxy groups -OCH3 is 1. The van der Waals surface area contributed by atoms with E-state index in [0.717, 1.165) is 28.2 Å². The SMILES string of the molecule is CC.COc1cc(-n2cccn2)ccc1-c1c(C)nn2c(C(=O)N(C)C)cc(C)nc12. The Labute approximate surface area is 182 Å². The number of ether oxygens (including phenoxy) is 1. The molecule has 0 aliphatic heterocycles. The predicted molar refractivity (Wildman–Crippen MR) is 121 cm³/mol. The number of rotatable bonds is 4. The zero-order chi connectivity index (χ0) is 22.7. The number of amides is 1. The van der Waals surface area contributed by atoms with E-state index in [-0.39, 0.29) is 5.91 Å². The summed E-state index contributed by atoms with van der Waals surface area (Å²) < 4.78 is 9.06. The zero-order valence-corrected chi connectivity index (χ0v) is 19.0. The fraction of sp³-hybridized carbons (Fsp3) is 0.304. The van der Waals surface area contributed by atoms with Crippen molar-refractivity contribution in [2.45, 2.75) is 27.7 Å². The van der Waals surface area contributed by atoms with Gasteiger partial charge in [0.2, 0.25) is 0 Å². The van der Waals surface area contributed by atoms with Gasteiger partial charge >= 0.3 is 0 Å². The second kappa shape index (κ2) is 8.99. The molecule has 0 atom stereocenters. The van der Waals surface area contributed by atoms with Gasteiger partial charge in [0.15, 0.2) is 5.65 Å². The Balaban J connectivity index is 0.00000132. The number of aryl methyl sites for hydroxylation is 2. The van der Waals surface area contributed by atoms with Crippen LogP contribution in [0.5, 0.6) is 5.75 Å². The largest absolute Gasteiger partial charge is 0.496 e. The van der Waals surface area contributed by atoms with Gasteiger partial charge < -0.3 is 9.64 Å². The van der Waals surface area contributed by atoms with Crippen molar-refractivity contribution in [1.82, 2.24) is 29.3 Å². The zero-order valence-electron chi connectivity index (χ0n) is 19.0. The molecule has 1 aromatic carbocycles. The van der Waals surface area contributed by atoms with E-state index in [4.69, 9.17) is 4.74 Å². The summed E-state index contributed by atoms with van der Waals surface area (Å²) in [5.74, 6) is 0.551. The molecule has 162 valence electrons. The molecule has 0 unspecified atom stereocenters. The van der Waals surface area contributed by atoms with Crippen molar-refractivity contribution in [1.29, 1.82) is 0 Å². The highest BCUT2D eigenvalue weighted by molar-refractivity contribution is 5.94. The summed E-state index contributed by atoms with van der Waals surface area (Å²) in [7, 11) is 5.07. The van der Waals surface area contributed by atoms with Gasteiger partial charge in [-0.15, -0.1) is 0 Å².